The van der Waals surface area contributed by atoms with Crippen LogP contribution in [0.5, 0.6) is 0 Å². The number of hydrogen-bond donors (Lipinski definition) is 3. The maximum absolute atomic E-state index is 8.86. The topological polar surface area (TPSA) is 74.9 Å². The first-order valence-corrected chi connectivity index (χ1v) is 5.52. The molecule has 0 spiro atoms. The highest BCUT2D eigenvalue weighted by molar-refractivity contribution is 9.10. The van der Waals surface area contributed by atoms with Crippen LogP contribution < -0.4 is 5.73 Å². The van der Waals surface area contributed by atoms with E-state index < -0.39 is 0 Å². The monoisotopic (exact) mass is 269 g/mol. The van der Waals surface area contributed by atoms with Gasteiger partial charge in [0.25, 0.3) is 0 Å². The van der Waals surface area contributed by atoms with Gasteiger partial charge in [-0.15, -0.1) is 0 Å². The fraction of sp³-hybridized carbons (Fsp3) is 0.300. The summed E-state index contributed by atoms with van der Waals surface area (Å²) in [6.07, 6.45) is 0.545. The van der Waals surface area contributed by atoms with Crippen LogP contribution in [0.3, 0.4) is 0 Å². The van der Waals surface area contributed by atoms with Gasteiger partial charge in [0.1, 0.15) is 4.60 Å². The molecule has 1 aromatic carbocycles. The molecule has 0 amide bonds. The van der Waals surface area contributed by atoms with Crippen LogP contribution in [0.15, 0.2) is 22.8 Å². The van der Waals surface area contributed by atoms with Crippen molar-refractivity contribution in [3.63, 3.8) is 0 Å². The highest BCUT2D eigenvalue weighted by Gasteiger charge is 2.12. The number of halogens is 1. The fourth-order valence-electron chi connectivity index (χ4n) is 1.62. The molecular formula is C10H12BrN3O. The average Bonchev–Trinajstić information content (AvgIpc) is 2.61. The van der Waals surface area contributed by atoms with E-state index in [1.807, 2.05) is 18.2 Å². The molecule has 5 heteroatoms. The Hall–Kier alpha value is -0.910. The summed E-state index contributed by atoms with van der Waals surface area (Å²) in [6, 6.07) is 5.68. The molecule has 4 nitrogen and oxygen atoms in total. The molecule has 15 heavy (non-hydrogen) atoms. The fourth-order valence-corrected chi connectivity index (χ4v) is 2.03. The van der Waals surface area contributed by atoms with Crippen molar-refractivity contribution >= 4 is 26.8 Å². The van der Waals surface area contributed by atoms with Crippen LogP contribution in [0.1, 0.15) is 18.0 Å². The molecule has 1 aromatic heterocycles. The van der Waals surface area contributed by atoms with Crippen molar-refractivity contribution in [2.75, 3.05) is 6.61 Å². The van der Waals surface area contributed by atoms with Gasteiger partial charge in [0.2, 0.25) is 0 Å². The molecule has 0 aliphatic rings. The summed E-state index contributed by atoms with van der Waals surface area (Å²) < 4.78 is 0.857. The van der Waals surface area contributed by atoms with E-state index >= 15 is 0 Å². The second-order valence-electron chi connectivity index (χ2n) is 3.40. The molecule has 0 fully saturated rings. The van der Waals surface area contributed by atoms with Crippen molar-refractivity contribution in [2.45, 2.75) is 12.5 Å². The highest BCUT2D eigenvalue weighted by Crippen LogP contribution is 2.27. The molecular weight excluding hydrogens is 258 g/mol. The second-order valence-corrected chi connectivity index (χ2v) is 4.19. The maximum atomic E-state index is 8.86. The molecule has 1 unspecified atom stereocenters. The van der Waals surface area contributed by atoms with Crippen molar-refractivity contribution in [1.29, 1.82) is 0 Å². The third-order valence-electron chi connectivity index (χ3n) is 2.41. The van der Waals surface area contributed by atoms with Gasteiger partial charge < -0.3 is 10.8 Å². The van der Waals surface area contributed by atoms with Crippen molar-refractivity contribution in [3.05, 3.63) is 28.4 Å². The summed E-state index contributed by atoms with van der Waals surface area (Å²) in [5, 5.41) is 16.9. The molecule has 2 rings (SSSR count). The quantitative estimate of drug-likeness (QED) is 0.794. The number of H-pyrrole nitrogens is 1. The lowest BCUT2D eigenvalue weighted by atomic mass is 10.0. The summed E-state index contributed by atoms with van der Waals surface area (Å²) in [5.41, 5.74) is 7.78. The van der Waals surface area contributed by atoms with Gasteiger partial charge in [-0.05, 0) is 27.9 Å². The smallest absolute Gasteiger partial charge is 0.108 e. The van der Waals surface area contributed by atoms with Crippen LogP contribution in [-0.4, -0.2) is 21.9 Å². The largest absolute Gasteiger partial charge is 0.396 e. The number of hydrogen-bond acceptors (Lipinski definition) is 3. The first-order chi connectivity index (χ1) is 7.24. The van der Waals surface area contributed by atoms with E-state index in [1.54, 1.807) is 0 Å². The van der Waals surface area contributed by atoms with Gasteiger partial charge in [0.15, 0.2) is 0 Å². The van der Waals surface area contributed by atoms with Crippen LogP contribution in [0.2, 0.25) is 0 Å². The molecule has 1 heterocycles. The van der Waals surface area contributed by atoms with Gasteiger partial charge in [0, 0.05) is 18.0 Å². The number of aliphatic hydroxyl groups excluding tert-OH is 1. The number of fused-ring (bicyclic) bond motifs is 1. The molecule has 1 atom stereocenters. The van der Waals surface area contributed by atoms with E-state index in [0.717, 1.165) is 21.1 Å². The number of rotatable bonds is 3. The van der Waals surface area contributed by atoms with Gasteiger partial charge in [-0.2, -0.15) is 5.10 Å². The summed E-state index contributed by atoms with van der Waals surface area (Å²) in [7, 11) is 0. The Balaban J connectivity index is 2.51. The molecule has 0 bridgehead atoms. The van der Waals surface area contributed by atoms with Crippen LogP contribution in [-0.2, 0) is 0 Å². The van der Waals surface area contributed by atoms with E-state index in [-0.39, 0.29) is 12.6 Å². The van der Waals surface area contributed by atoms with E-state index in [2.05, 4.69) is 26.1 Å². The number of aliphatic hydroxyl groups is 1. The summed E-state index contributed by atoms with van der Waals surface area (Å²) in [6.45, 7) is 0.0865. The lowest BCUT2D eigenvalue weighted by Crippen LogP contribution is -2.12. The Morgan fingerprint density at radius 3 is 3.07 bits per heavy atom. The Labute approximate surface area is 95.6 Å². The Kier molecular flexibility index (Phi) is 3.04. The zero-order chi connectivity index (χ0) is 10.8. The van der Waals surface area contributed by atoms with E-state index in [9.17, 15) is 0 Å². The average molecular weight is 270 g/mol. The first kappa shape index (κ1) is 10.6. The van der Waals surface area contributed by atoms with Crippen molar-refractivity contribution < 1.29 is 5.11 Å². The highest BCUT2D eigenvalue weighted by atomic mass is 79.9. The SMILES string of the molecule is NC(CCO)c1cccc2c(Br)[nH]nc12. The standard InChI is InChI=1S/C10H12BrN3O/c11-10-7-3-1-2-6(8(12)4-5-15)9(7)13-14-10/h1-3,8,15H,4-5,12H2,(H,13,14). The van der Waals surface area contributed by atoms with Crippen molar-refractivity contribution in [3.8, 4) is 0 Å². The zero-order valence-corrected chi connectivity index (χ0v) is 9.66. The predicted octanol–water partition coefficient (Wildman–Crippen LogP) is 1.71. The molecule has 0 aliphatic heterocycles. The Morgan fingerprint density at radius 2 is 2.33 bits per heavy atom. The predicted molar refractivity (Wildman–Crippen MR) is 62.4 cm³/mol. The Morgan fingerprint density at radius 1 is 1.53 bits per heavy atom. The van der Waals surface area contributed by atoms with Crippen molar-refractivity contribution in [1.82, 2.24) is 10.2 Å². The molecule has 0 saturated carbocycles. The van der Waals surface area contributed by atoms with Gasteiger partial charge in [-0.3, -0.25) is 5.10 Å². The third kappa shape index (κ3) is 1.90. The Bertz CT molecular complexity index is 469. The van der Waals surface area contributed by atoms with E-state index in [4.69, 9.17) is 10.8 Å². The molecule has 4 N–H and O–H groups in total. The van der Waals surface area contributed by atoms with Gasteiger partial charge >= 0.3 is 0 Å². The lowest BCUT2D eigenvalue weighted by molar-refractivity contribution is 0.277. The van der Waals surface area contributed by atoms with Gasteiger partial charge in [-0.25, -0.2) is 0 Å². The minimum atomic E-state index is -0.172. The lowest BCUT2D eigenvalue weighted by Gasteiger charge is -2.10. The number of nitrogens with two attached hydrogens (primary N) is 1. The third-order valence-corrected chi connectivity index (χ3v) is 3.01. The minimum absolute atomic E-state index is 0.0865. The molecule has 0 aliphatic carbocycles. The summed E-state index contributed by atoms with van der Waals surface area (Å²) in [4.78, 5) is 0. The maximum Gasteiger partial charge on any atom is 0.108 e. The number of aromatic amines is 1. The van der Waals surface area contributed by atoms with E-state index in [0.29, 0.717) is 6.42 Å². The van der Waals surface area contributed by atoms with Crippen LogP contribution in [0.25, 0.3) is 10.9 Å². The van der Waals surface area contributed by atoms with E-state index in [1.165, 1.54) is 0 Å². The summed E-state index contributed by atoms with van der Waals surface area (Å²) in [5.74, 6) is 0. The van der Waals surface area contributed by atoms with Crippen LogP contribution >= 0.6 is 15.9 Å². The number of nitrogens with zero attached hydrogens (tertiary/aromatic N) is 1. The first-order valence-electron chi connectivity index (χ1n) is 4.73. The number of para-hydroxylation sites is 1. The molecule has 80 valence electrons. The van der Waals surface area contributed by atoms with Gasteiger partial charge in [-0.1, -0.05) is 18.2 Å². The normalized spacial score (nSPS) is 13.3. The number of benzene rings is 1. The summed E-state index contributed by atoms with van der Waals surface area (Å²) >= 11 is 3.38. The minimum Gasteiger partial charge on any atom is -0.396 e. The van der Waals surface area contributed by atoms with Gasteiger partial charge in [0.05, 0.1) is 5.52 Å². The molecule has 0 saturated heterocycles. The zero-order valence-electron chi connectivity index (χ0n) is 8.07. The molecule has 2 aromatic rings. The van der Waals surface area contributed by atoms with Crippen LogP contribution in [0.4, 0.5) is 0 Å². The van der Waals surface area contributed by atoms with Crippen LogP contribution in [0, 0.1) is 0 Å². The van der Waals surface area contributed by atoms with Crippen molar-refractivity contribution in [2.24, 2.45) is 5.73 Å². The number of nitrogens with one attached hydrogen (secondary N) is 1. The second kappa shape index (κ2) is 4.30. The molecule has 0 radical (unpaired) electrons. The number of aromatic nitrogens is 2.